The van der Waals surface area contributed by atoms with Crippen molar-refractivity contribution in [3.8, 4) is 5.75 Å². The first kappa shape index (κ1) is 31.1. The lowest BCUT2D eigenvalue weighted by Gasteiger charge is -2.32. The quantitative estimate of drug-likeness (QED) is 0.298. The maximum absolute atomic E-state index is 14.0. The number of sulfonamides is 1. The number of carbonyl (C=O) groups is 2. The predicted octanol–water partition coefficient (Wildman–Crippen LogP) is 5.11. The zero-order chi connectivity index (χ0) is 30.1. The number of hydrogen-bond acceptors (Lipinski definition) is 5. The summed E-state index contributed by atoms with van der Waals surface area (Å²) in [5.41, 5.74) is 2.28. The van der Waals surface area contributed by atoms with Crippen molar-refractivity contribution in [1.82, 2.24) is 10.2 Å². The van der Waals surface area contributed by atoms with E-state index in [1.165, 1.54) is 4.90 Å². The molecule has 0 unspecified atom stereocenters. The number of anilines is 1. The molecule has 0 radical (unpaired) electrons. The fourth-order valence-electron chi connectivity index (χ4n) is 5.20. The summed E-state index contributed by atoms with van der Waals surface area (Å²) in [6.07, 6.45) is 4.53. The van der Waals surface area contributed by atoms with Crippen molar-refractivity contribution in [2.75, 3.05) is 24.0 Å². The second kappa shape index (κ2) is 14.4. The number of carbonyl (C=O) groups excluding carboxylic acids is 2. The van der Waals surface area contributed by atoms with E-state index >= 15 is 0 Å². The first-order chi connectivity index (χ1) is 20.2. The highest BCUT2D eigenvalue weighted by atomic mass is 32.2. The molecule has 1 fully saturated rings. The van der Waals surface area contributed by atoms with Crippen molar-refractivity contribution in [3.05, 3.63) is 90.0 Å². The smallest absolute Gasteiger partial charge is 0.264 e. The van der Waals surface area contributed by atoms with E-state index in [1.807, 2.05) is 44.2 Å². The summed E-state index contributed by atoms with van der Waals surface area (Å²) in [6, 6.07) is 22.2. The summed E-state index contributed by atoms with van der Waals surface area (Å²) in [5, 5.41) is 3.10. The third kappa shape index (κ3) is 7.91. The Morgan fingerprint density at radius 3 is 2.21 bits per heavy atom. The van der Waals surface area contributed by atoms with Crippen LogP contribution in [0.5, 0.6) is 5.75 Å². The van der Waals surface area contributed by atoms with Crippen molar-refractivity contribution in [2.45, 2.75) is 69.9 Å². The van der Waals surface area contributed by atoms with E-state index in [4.69, 9.17) is 4.74 Å². The van der Waals surface area contributed by atoms with Gasteiger partial charge in [0.05, 0.1) is 17.2 Å². The van der Waals surface area contributed by atoms with Crippen LogP contribution in [0.15, 0.2) is 83.8 Å². The molecule has 2 amide bonds. The van der Waals surface area contributed by atoms with Crippen molar-refractivity contribution in [2.24, 2.45) is 0 Å². The molecule has 0 spiro atoms. The third-order valence-electron chi connectivity index (χ3n) is 7.68. The second-order valence-corrected chi connectivity index (χ2v) is 12.6. The van der Waals surface area contributed by atoms with E-state index in [0.29, 0.717) is 24.5 Å². The molecule has 1 aliphatic carbocycles. The Morgan fingerprint density at radius 1 is 0.952 bits per heavy atom. The molecule has 3 aromatic carbocycles. The molecule has 0 heterocycles. The Bertz CT molecular complexity index is 1420. The van der Waals surface area contributed by atoms with Crippen LogP contribution in [-0.2, 0) is 26.0 Å². The lowest BCUT2D eigenvalue weighted by Crippen LogP contribution is -2.53. The molecule has 9 heteroatoms. The average Bonchev–Trinajstić information content (AvgIpc) is 3.50. The van der Waals surface area contributed by atoms with Gasteiger partial charge < -0.3 is 15.0 Å². The van der Waals surface area contributed by atoms with E-state index < -0.39 is 28.5 Å². The first-order valence-corrected chi connectivity index (χ1v) is 16.1. The number of nitrogens with one attached hydrogen (secondary N) is 1. The van der Waals surface area contributed by atoms with Gasteiger partial charge in [-0.15, -0.1) is 0 Å². The average molecular weight is 592 g/mol. The maximum Gasteiger partial charge on any atom is 0.264 e. The van der Waals surface area contributed by atoms with Crippen LogP contribution in [0, 0.1) is 6.92 Å². The predicted molar refractivity (Wildman–Crippen MR) is 165 cm³/mol. The normalized spacial score (nSPS) is 14.3. The topological polar surface area (TPSA) is 96.0 Å². The van der Waals surface area contributed by atoms with Crippen molar-refractivity contribution in [1.29, 1.82) is 0 Å². The number of rotatable bonds is 13. The van der Waals surface area contributed by atoms with Gasteiger partial charge >= 0.3 is 0 Å². The molecule has 1 N–H and O–H groups in total. The van der Waals surface area contributed by atoms with Crippen LogP contribution in [0.2, 0.25) is 0 Å². The number of ether oxygens (including phenoxy) is 1. The Hall–Kier alpha value is -3.85. The minimum Gasteiger partial charge on any atom is -0.494 e. The lowest BCUT2D eigenvalue weighted by atomic mass is 10.1. The zero-order valence-electron chi connectivity index (χ0n) is 24.7. The van der Waals surface area contributed by atoms with E-state index in [9.17, 15) is 18.0 Å². The highest BCUT2D eigenvalue weighted by Crippen LogP contribution is 2.27. The van der Waals surface area contributed by atoms with Gasteiger partial charge in [-0.25, -0.2) is 8.42 Å². The van der Waals surface area contributed by atoms with Gasteiger partial charge in [0.15, 0.2) is 0 Å². The molecule has 1 atom stereocenters. The molecular formula is C33H41N3O5S. The minimum atomic E-state index is -4.11. The standard InChI is InChI=1S/C33H41N3O5S/c1-4-41-30-18-16-29(17-19-30)36(42(39,40)31-20-14-25(2)15-21-31)24-32(37)35(23-22-27-10-6-5-7-11-27)26(3)33(38)34-28-12-8-9-13-28/h5-7,10-11,14-21,26,28H,4,8-9,12-13,22-24H2,1-3H3,(H,34,38)/t26-/m0/s1. The summed E-state index contributed by atoms with van der Waals surface area (Å²) in [6.45, 7) is 5.74. The van der Waals surface area contributed by atoms with Gasteiger partial charge in [-0.1, -0.05) is 60.9 Å². The van der Waals surface area contributed by atoms with Gasteiger partial charge in [0.1, 0.15) is 18.3 Å². The molecule has 3 aromatic rings. The largest absolute Gasteiger partial charge is 0.494 e. The summed E-state index contributed by atoms with van der Waals surface area (Å²) in [7, 11) is -4.11. The molecule has 42 heavy (non-hydrogen) atoms. The van der Waals surface area contributed by atoms with E-state index in [1.54, 1.807) is 55.5 Å². The molecule has 0 bridgehead atoms. The Labute approximate surface area is 249 Å². The molecule has 0 aromatic heterocycles. The van der Waals surface area contributed by atoms with Crippen molar-refractivity contribution >= 4 is 27.5 Å². The SMILES string of the molecule is CCOc1ccc(N(CC(=O)N(CCc2ccccc2)[C@@H](C)C(=O)NC2CCCC2)S(=O)(=O)c2ccc(C)cc2)cc1. The van der Waals surface area contributed by atoms with Gasteiger partial charge in [-0.05, 0) is 82.0 Å². The fourth-order valence-corrected chi connectivity index (χ4v) is 6.62. The maximum atomic E-state index is 14.0. The van der Waals surface area contributed by atoms with Crippen molar-refractivity contribution < 1.29 is 22.7 Å². The second-order valence-electron chi connectivity index (χ2n) is 10.7. The Balaban J connectivity index is 1.64. The molecule has 1 aliphatic rings. The number of hydrogen-bond donors (Lipinski definition) is 1. The van der Waals surface area contributed by atoms with Crippen LogP contribution in [0.1, 0.15) is 50.7 Å². The molecule has 1 saturated carbocycles. The molecule has 4 rings (SSSR count). The van der Waals surface area contributed by atoms with Crippen LogP contribution in [0.4, 0.5) is 5.69 Å². The molecule has 224 valence electrons. The molecule has 8 nitrogen and oxygen atoms in total. The van der Waals surface area contributed by atoms with Gasteiger partial charge in [-0.3, -0.25) is 13.9 Å². The third-order valence-corrected chi connectivity index (χ3v) is 9.46. The summed E-state index contributed by atoms with van der Waals surface area (Å²) in [4.78, 5) is 28.9. The Morgan fingerprint density at radius 2 is 1.60 bits per heavy atom. The minimum absolute atomic E-state index is 0.0812. The van der Waals surface area contributed by atoms with Crippen molar-refractivity contribution in [3.63, 3.8) is 0 Å². The van der Waals surface area contributed by atoms with Gasteiger partial charge in [0.2, 0.25) is 11.8 Å². The fraction of sp³-hybridized carbons (Fsp3) is 0.394. The highest BCUT2D eigenvalue weighted by molar-refractivity contribution is 7.92. The van der Waals surface area contributed by atoms with Crippen LogP contribution >= 0.6 is 0 Å². The first-order valence-electron chi connectivity index (χ1n) is 14.6. The number of nitrogens with zero attached hydrogens (tertiary/aromatic N) is 2. The van der Waals surface area contributed by atoms with E-state index in [-0.39, 0.29) is 23.4 Å². The van der Waals surface area contributed by atoms with Crippen LogP contribution < -0.4 is 14.4 Å². The number of amides is 2. The monoisotopic (exact) mass is 591 g/mol. The summed E-state index contributed by atoms with van der Waals surface area (Å²) in [5.74, 6) is -0.0798. The van der Waals surface area contributed by atoms with Gasteiger partial charge in [-0.2, -0.15) is 0 Å². The highest BCUT2D eigenvalue weighted by Gasteiger charge is 2.33. The van der Waals surface area contributed by atoms with E-state index in [0.717, 1.165) is 41.1 Å². The van der Waals surface area contributed by atoms with Gasteiger partial charge in [0.25, 0.3) is 10.0 Å². The van der Waals surface area contributed by atoms with Crippen LogP contribution in [0.25, 0.3) is 0 Å². The van der Waals surface area contributed by atoms with Crippen LogP contribution in [-0.4, -0.2) is 56.9 Å². The lowest BCUT2D eigenvalue weighted by molar-refractivity contribution is -0.139. The molecular weight excluding hydrogens is 550 g/mol. The van der Waals surface area contributed by atoms with E-state index in [2.05, 4.69) is 5.32 Å². The zero-order valence-corrected chi connectivity index (χ0v) is 25.5. The Kier molecular flexibility index (Phi) is 10.6. The number of benzene rings is 3. The summed E-state index contributed by atoms with van der Waals surface area (Å²) >= 11 is 0. The van der Waals surface area contributed by atoms with Gasteiger partial charge in [0, 0.05) is 12.6 Å². The molecule has 0 aliphatic heterocycles. The van der Waals surface area contributed by atoms with Crippen LogP contribution in [0.3, 0.4) is 0 Å². The molecule has 0 saturated heterocycles. The number of aryl methyl sites for hydroxylation is 1. The summed E-state index contributed by atoms with van der Waals surface area (Å²) < 4.78 is 34.6.